The van der Waals surface area contributed by atoms with Crippen molar-refractivity contribution in [3.8, 4) is 23.1 Å². The minimum Gasteiger partial charge on any atom is -0.481 e. The molecule has 0 aliphatic rings. The summed E-state index contributed by atoms with van der Waals surface area (Å²) in [6, 6.07) is 3.64. The summed E-state index contributed by atoms with van der Waals surface area (Å²) in [4.78, 5) is 12.4. The number of ether oxygens (including phenoxy) is 1. The second-order valence-electron chi connectivity index (χ2n) is 4.19. The molecule has 3 aromatic heterocycles. The van der Waals surface area contributed by atoms with Crippen LogP contribution in [0.25, 0.3) is 17.2 Å². The summed E-state index contributed by atoms with van der Waals surface area (Å²) in [5.74, 6) is 1.83. The Morgan fingerprint density at radius 2 is 1.90 bits per heavy atom. The lowest BCUT2D eigenvalue weighted by molar-refractivity contribution is 0.398. The molecule has 0 aliphatic carbocycles. The fraction of sp³-hybridized carbons (Fsp3) is 0.154. The Hall–Kier alpha value is -2.54. The fourth-order valence-electron chi connectivity index (χ4n) is 1.89. The number of methoxy groups -OCH3 is 1. The predicted molar refractivity (Wildman–Crippen MR) is 76.5 cm³/mol. The van der Waals surface area contributed by atoms with Crippen molar-refractivity contribution in [1.29, 1.82) is 0 Å². The van der Waals surface area contributed by atoms with Crippen LogP contribution in [-0.4, -0.2) is 36.8 Å². The first-order valence-electron chi connectivity index (χ1n) is 6.09. The Labute approximate surface area is 125 Å². The van der Waals surface area contributed by atoms with Crippen LogP contribution >= 0.6 is 11.6 Å². The van der Waals surface area contributed by atoms with Gasteiger partial charge in [-0.05, 0) is 13.0 Å². The molecule has 106 valence electrons. The zero-order chi connectivity index (χ0) is 14.8. The molecule has 0 atom stereocenters. The fourth-order valence-corrected chi connectivity index (χ4v) is 1.99. The third-order valence-corrected chi connectivity index (χ3v) is 3.06. The molecular formula is C13H11ClN6O. The van der Waals surface area contributed by atoms with E-state index in [0.717, 1.165) is 5.69 Å². The van der Waals surface area contributed by atoms with Gasteiger partial charge in [-0.3, -0.25) is 4.57 Å². The van der Waals surface area contributed by atoms with Crippen molar-refractivity contribution in [2.45, 2.75) is 6.92 Å². The van der Waals surface area contributed by atoms with Gasteiger partial charge in [-0.25, -0.2) is 15.0 Å². The highest BCUT2D eigenvalue weighted by Crippen LogP contribution is 2.21. The van der Waals surface area contributed by atoms with Crippen LogP contribution in [0, 0.1) is 6.92 Å². The van der Waals surface area contributed by atoms with Crippen LogP contribution < -0.4 is 4.74 Å². The van der Waals surface area contributed by atoms with E-state index in [2.05, 4.69) is 25.1 Å². The van der Waals surface area contributed by atoms with Crippen LogP contribution in [-0.2, 0) is 0 Å². The molecule has 0 bridgehead atoms. The smallest absolute Gasteiger partial charge is 0.213 e. The lowest BCUT2D eigenvalue weighted by Crippen LogP contribution is -2.02. The largest absolute Gasteiger partial charge is 0.481 e. The maximum Gasteiger partial charge on any atom is 0.213 e. The van der Waals surface area contributed by atoms with Gasteiger partial charge in [0.15, 0.2) is 5.82 Å². The van der Waals surface area contributed by atoms with Gasteiger partial charge >= 0.3 is 0 Å². The monoisotopic (exact) mass is 302 g/mol. The third kappa shape index (κ3) is 2.55. The van der Waals surface area contributed by atoms with E-state index in [4.69, 9.17) is 16.3 Å². The average Bonchev–Trinajstić information content (AvgIpc) is 2.90. The quantitative estimate of drug-likeness (QED) is 0.737. The first-order chi connectivity index (χ1) is 10.2. The van der Waals surface area contributed by atoms with Crippen LogP contribution in [0.1, 0.15) is 5.82 Å². The molecule has 0 aliphatic heterocycles. The van der Waals surface area contributed by atoms with E-state index in [1.807, 2.05) is 17.6 Å². The number of rotatable bonds is 3. The van der Waals surface area contributed by atoms with E-state index in [9.17, 15) is 0 Å². The van der Waals surface area contributed by atoms with E-state index >= 15 is 0 Å². The molecule has 0 spiro atoms. The summed E-state index contributed by atoms with van der Waals surface area (Å²) in [5.41, 5.74) is 1.39. The standard InChI is InChI=1S/C13H11ClN6O/c1-8-18-19-13(10-6-16-11(14)7-15-10)20(8)9-3-4-12(21-2)17-5-9/h3-7H,1-2H3. The summed E-state index contributed by atoms with van der Waals surface area (Å²) in [6.45, 7) is 1.85. The summed E-state index contributed by atoms with van der Waals surface area (Å²) in [7, 11) is 1.57. The average molecular weight is 303 g/mol. The molecule has 0 saturated heterocycles. The highest BCUT2D eigenvalue weighted by atomic mass is 35.5. The Kier molecular flexibility index (Phi) is 3.49. The van der Waals surface area contributed by atoms with Gasteiger partial charge in [0.25, 0.3) is 0 Å². The van der Waals surface area contributed by atoms with Gasteiger partial charge in [-0.2, -0.15) is 0 Å². The van der Waals surface area contributed by atoms with Gasteiger partial charge in [0, 0.05) is 6.07 Å². The summed E-state index contributed by atoms with van der Waals surface area (Å²) in [6.07, 6.45) is 4.71. The van der Waals surface area contributed by atoms with Crippen LogP contribution in [0.2, 0.25) is 5.15 Å². The van der Waals surface area contributed by atoms with Crippen LogP contribution in [0.3, 0.4) is 0 Å². The minimum atomic E-state index is 0.327. The minimum absolute atomic E-state index is 0.327. The number of aryl methyl sites for hydroxylation is 1. The Morgan fingerprint density at radius 1 is 1.05 bits per heavy atom. The molecule has 0 radical (unpaired) electrons. The molecule has 21 heavy (non-hydrogen) atoms. The Bertz CT molecular complexity index is 753. The van der Waals surface area contributed by atoms with Crippen LogP contribution in [0.4, 0.5) is 0 Å². The first-order valence-corrected chi connectivity index (χ1v) is 6.47. The summed E-state index contributed by atoms with van der Waals surface area (Å²) < 4.78 is 6.89. The molecule has 7 nitrogen and oxygen atoms in total. The highest BCUT2D eigenvalue weighted by Gasteiger charge is 2.14. The van der Waals surface area contributed by atoms with Crippen molar-refractivity contribution < 1.29 is 4.74 Å². The van der Waals surface area contributed by atoms with Gasteiger partial charge in [0.2, 0.25) is 5.88 Å². The second-order valence-corrected chi connectivity index (χ2v) is 4.58. The molecule has 0 unspecified atom stereocenters. The van der Waals surface area contributed by atoms with Crippen molar-refractivity contribution in [3.05, 3.63) is 41.7 Å². The Balaban J connectivity index is 2.09. The number of nitrogens with zero attached hydrogens (tertiary/aromatic N) is 6. The van der Waals surface area contributed by atoms with Crippen LogP contribution in [0.5, 0.6) is 5.88 Å². The van der Waals surface area contributed by atoms with Crippen molar-refractivity contribution >= 4 is 11.6 Å². The van der Waals surface area contributed by atoms with Crippen molar-refractivity contribution in [3.63, 3.8) is 0 Å². The van der Waals surface area contributed by atoms with E-state index in [1.165, 1.54) is 6.20 Å². The molecule has 0 amide bonds. The van der Waals surface area contributed by atoms with Crippen molar-refractivity contribution in [1.82, 2.24) is 29.7 Å². The van der Waals surface area contributed by atoms with E-state index in [1.54, 1.807) is 25.6 Å². The van der Waals surface area contributed by atoms with Gasteiger partial charge in [0.1, 0.15) is 16.7 Å². The third-order valence-electron chi connectivity index (χ3n) is 2.86. The zero-order valence-corrected chi connectivity index (χ0v) is 12.1. The van der Waals surface area contributed by atoms with Gasteiger partial charge < -0.3 is 4.74 Å². The van der Waals surface area contributed by atoms with Crippen molar-refractivity contribution in [2.24, 2.45) is 0 Å². The highest BCUT2D eigenvalue weighted by molar-refractivity contribution is 6.29. The normalized spacial score (nSPS) is 10.6. The predicted octanol–water partition coefficient (Wildman–Crippen LogP) is 2.09. The van der Waals surface area contributed by atoms with Crippen molar-refractivity contribution in [2.75, 3.05) is 7.11 Å². The van der Waals surface area contributed by atoms with Gasteiger partial charge in [0.05, 0.1) is 31.4 Å². The topological polar surface area (TPSA) is 78.6 Å². The lowest BCUT2D eigenvalue weighted by atomic mass is 10.3. The second kappa shape index (κ2) is 5.45. The van der Waals surface area contributed by atoms with E-state index < -0.39 is 0 Å². The molecule has 3 aromatic rings. The zero-order valence-electron chi connectivity index (χ0n) is 11.4. The summed E-state index contributed by atoms with van der Waals surface area (Å²) in [5, 5.41) is 8.56. The maximum atomic E-state index is 5.75. The molecule has 3 heterocycles. The summed E-state index contributed by atoms with van der Waals surface area (Å²) >= 11 is 5.75. The molecule has 0 saturated carbocycles. The molecule has 3 rings (SSSR count). The molecule has 0 N–H and O–H groups in total. The molecule has 0 fully saturated rings. The van der Waals surface area contributed by atoms with Gasteiger partial charge in [-0.15, -0.1) is 10.2 Å². The first kappa shape index (κ1) is 13.4. The number of halogens is 1. The molecular weight excluding hydrogens is 292 g/mol. The maximum absolute atomic E-state index is 5.75. The van der Waals surface area contributed by atoms with Crippen LogP contribution in [0.15, 0.2) is 30.7 Å². The molecule has 0 aromatic carbocycles. The van der Waals surface area contributed by atoms with E-state index in [-0.39, 0.29) is 0 Å². The number of hydrogen-bond donors (Lipinski definition) is 0. The molecule has 8 heteroatoms. The number of pyridine rings is 1. The lowest BCUT2D eigenvalue weighted by Gasteiger charge is -2.08. The van der Waals surface area contributed by atoms with E-state index in [0.29, 0.717) is 28.4 Å². The number of aromatic nitrogens is 6. The number of hydrogen-bond acceptors (Lipinski definition) is 6. The SMILES string of the molecule is COc1ccc(-n2c(C)nnc2-c2cnc(Cl)cn2)cn1. The van der Waals surface area contributed by atoms with Gasteiger partial charge in [-0.1, -0.05) is 11.6 Å². The Morgan fingerprint density at radius 3 is 2.52 bits per heavy atom.